The number of guanidine groups is 1. The maximum Gasteiger partial charge on any atom is 0.239 e. The van der Waals surface area contributed by atoms with Crippen LogP contribution in [0.3, 0.4) is 0 Å². The van der Waals surface area contributed by atoms with Crippen LogP contribution in [0.1, 0.15) is 33.3 Å². The van der Waals surface area contributed by atoms with Crippen molar-refractivity contribution < 1.29 is 4.79 Å². The van der Waals surface area contributed by atoms with Crippen LogP contribution >= 0.6 is 24.0 Å². The minimum Gasteiger partial charge on any atom is -0.362 e. The highest BCUT2D eigenvalue weighted by Gasteiger charge is 2.13. The zero-order chi connectivity index (χ0) is 18.2. The highest BCUT2D eigenvalue weighted by Crippen LogP contribution is 2.15. The summed E-state index contributed by atoms with van der Waals surface area (Å²) in [5.74, 6) is 1.43. The lowest BCUT2D eigenvalue weighted by Crippen LogP contribution is -2.48. The Hall–Kier alpha value is -1.58. The average molecular weight is 462 g/mol. The topological polar surface area (TPSA) is 81.7 Å². The molecule has 25 heavy (non-hydrogen) atoms. The van der Waals surface area contributed by atoms with Crippen molar-refractivity contribution in [2.24, 2.45) is 4.99 Å². The van der Waals surface area contributed by atoms with Gasteiger partial charge in [0.25, 0.3) is 0 Å². The lowest BCUT2D eigenvalue weighted by atomic mass is 10.1. The Morgan fingerprint density at radius 1 is 1.28 bits per heavy atom. The predicted molar refractivity (Wildman–Crippen MR) is 115 cm³/mol. The first-order valence-corrected chi connectivity index (χ1v) is 8.17. The summed E-state index contributed by atoms with van der Waals surface area (Å²) in [6.07, 6.45) is 1.77. The van der Waals surface area contributed by atoms with Crippen LogP contribution in [0.5, 0.6) is 0 Å². The number of nitrogens with one attached hydrogen (secondary N) is 3. The fourth-order valence-corrected chi connectivity index (χ4v) is 2.09. The molecule has 1 aromatic rings. The van der Waals surface area contributed by atoms with Crippen molar-refractivity contribution in [3.8, 4) is 0 Å². The molecule has 3 N–H and O–H groups in total. The molecule has 1 rings (SSSR count). The van der Waals surface area contributed by atoms with E-state index in [4.69, 9.17) is 0 Å². The van der Waals surface area contributed by atoms with Crippen LogP contribution in [0.4, 0.5) is 5.82 Å². The molecule has 0 aliphatic rings. The number of anilines is 1. The summed E-state index contributed by atoms with van der Waals surface area (Å²) in [6.45, 7) is 9.23. The first-order chi connectivity index (χ1) is 11.2. The highest BCUT2D eigenvalue weighted by molar-refractivity contribution is 14.0. The number of aliphatic imine (C=N–C) groups is 1. The van der Waals surface area contributed by atoms with E-state index in [0.29, 0.717) is 12.5 Å². The molecule has 1 amide bonds. The van der Waals surface area contributed by atoms with Gasteiger partial charge in [0.2, 0.25) is 5.91 Å². The molecule has 1 aromatic heterocycles. The zero-order valence-corrected chi connectivity index (χ0v) is 18.3. The Morgan fingerprint density at radius 2 is 1.96 bits per heavy atom. The molecule has 7 nitrogen and oxygen atoms in total. The number of carbonyl (C=O) groups excluding carboxylic acids is 1. The summed E-state index contributed by atoms with van der Waals surface area (Å²) in [7, 11) is 3.91. The van der Waals surface area contributed by atoms with Crippen molar-refractivity contribution in [3.63, 3.8) is 0 Å². The van der Waals surface area contributed by atoms with Gasteiger partial charge in [0, 0.05) is 37.9 Å². The molecule has 0 bridgehead atoms. The summed E-state index contributed by atoms with van der Waals surface area (Å²) in [6, 6.07) is 3.90. The van der Waals surface area contributed by atoms with Gasteiger partial charge in [-0.3, -0.25) is 4.79 Å². The van der Waals surface area contributed by atoms with Gasteiger partial charge in [0.1, 0.15) is 5.82 Å². The van der Waals surface area contributed by atoms with Crippen LogP contribution in [0, 0.1) is 0 Å². The monoisotopic (exact) mass is 462 g/mol. The van der Waals surface area contributed by atoms with Crippen molar-refractivity contribution in [2.75, 3.05) is 32.1 Å². The molecule has 0 saturated heterocycles. The number of amides is 1. The second kappa shape index (κ2) is 11.1. The lowest BCUT2D eigenvalue weighted by Gasteiger charge is -2.21. The summed E-state index contributed by atoms with van der Waals surface area (Å²) < 4.78 is 0. The minimum atomic E-state index is -0.245. The van der Waals surface area contributed by atoms with E-state index in [-0.39, 0.29) is 42.0 Å². The van der Waals surface area contributed by atoms with Crippen LogP contribution < -0.4 is 20.9 Å². The first kappa shape index (κ1) is 23.4. The van der Waals surface area contributed by atoms with E-state index in [1.807, 2.05) is 58.8 Å². The summed E-state index contributed by atoms with van der Waals surface area (Å²) >= 11 is 0. The van der Waals surface area contributed by atoms with Gasteiger partial charge in [0.05, 0.1) is 13.1 Å². The molecule has 142 valence electrons. The number of pyridine rings is 1. The highest BCUT2D eigenvalue weighted by atomic mass is 127. The molecule has 1 heterocycles. The third-order valence-electron chi connectivity index (χ3n) is 2.97. The molecule has 8 heteroatoms. The number of rotatable bonds is 6. The Labute approximate surface area is 168 Å². The Kier molecular flexibility index (Phi) is 10.4. The van der Waals surface area contributed by atoms with Crippen LogP contribution in [0.25, 0.3) is 0 Å². The number of carbonyl (C=O) groups is 1. The number of hydrogen-bond donors (Lipinski definition) is 3. The van der Waals surface area contributed by atoms with Crippen LogP contribution in [0.15, 0.2) is 23.3 Å². The number of nitrogens with zero attached hydrogens (tertiary/aromatic N) is 3. The van der Waals surface area contributed by atoms with Gasteiger partial charge in [-0.15, -0.1) is 24.0 Å². The van der Waals surface area contributed by atoms with Gasteiger partial charge in [0.15, 0.2) is 5.96 Å². The number of aromatic nitrogens is 1. The van der Waals surface area contributed by atoms with E-state index >= 15 is 0 Å². The smallest absolute Gasteiger partial charge is 0.239 e. The maximum atomic E-state index is 11.9. The second-order valence-electron chi connectivity index (χ2n) is 6.73. The Balaban J connectivity index is 0.00000576. The van der Waals surface area contributed by atoms with E-state index in [1.165, 1.54) is 0 Å². The summed E-state index contributed by atoms with van der Waals surface area (Å²) in [5, 5.41) is 9.11. The second-order valence-corrected chi connectivity index (χ2v) is 6.73. The molecule has 0 aliphatic carbocycles. The third kappa shape index (κ3) is 9.47. The fraction of sp³-hybridized carbons (Fsp3) is 0.588. The van der Waals surface area contributed by atoms with Gasteiger partial charge < -0.3 is 20.9 Å². The van der Waals surface area contributed by atoms with Crippen LogP contribution in [-0.4, -0.2) is 49.6 Å². The zero-order valence-electron chi connectivity index (χ0n) is 16.0. The Bertz CT molecular complexity index is 569. The molecule has 0 spiro atoms. The quantitative estimate of drug-likeness (QED) is 0.341. The average Bonchev–Trinajstić information content (AvgIpc) is 2.48. The normalized spacial score (nSPS) is 11.4. The van der Waals surface area contributed by atoms with E-state index in [2.05, 4.69) is 25.9 Å². The maximum absolute atomic E-state index is 11.9. The minimum absolute atomic E-state index is 0. The molecule has 0 radical (unpaired) electrons. The standard InChI is InChI=1S/C17H30N6O.HI/c1-7-18-16(21-12-14(24)22-17(2,3)4)20-11-13-9-8-10-19-15(13)23(5)6;/h8-10H,7,11-12H2,1-6H3,(H,22,24)(H2,18,20,21);1H. The van der Waals surface area contributed by atoms with Gasteiger partial charge in [-0.1, -0.05) is 6.07 Å². The van der Waals surface area contributed by atoms with Crippen LogP contribution in [-0.2, 0) is 11.3 Å². The van der Waals surface area contributed by atoms with Crippen LogP contribution in [0.2, 0.25) is 0 Å². The van der Waals surface area contributed by atoms with Gasteiger partial charge >= 0.3 is 0 Å². The molecule has 0 aromatic carbocycles. The summed E-state index contributed by atoms with van der Waals surface area (Å²) in [5.41, 5.74) is 0.781. The van der Waals surface area contributed by atoms with E-state index in [9.17, 15) is 4.79 Å². The van der Waals surface area contributed by atoms with Crippen molar-refractivity contribution in [1.82, 2.24) is 20.9 Å². The van der Waals surface area contributed by atoms with E-state index < -0.39 is 0 Å². The first-order valence-electron chi connectivity index (χ1n) is 8.17. The fourth-order valence-electron chi connectivity index (χ4n) is 2.09. The third-order valence-corrected chi connectivity index (χ3v) is 2.97. The van der Waals surface area contributed by atoms with Gasteiger partial charge in [-0.05, 0) is 33.8 Å². The molecule has 0 saturated carbocycles. The lowest BCUT2D eigenvalue weighted by molar-refractivity contribution is -0.121. The van der Waals surface area contributed by atoms with E-state index in [1.54, 1.807) is 6.20 Å². The molecular weight excluding hydrogens is 431 g/mol. The molecule has 0 aliphatic heterocycles. The molecule has 0 atom stereocenters. The number of halogens is 1. The van der Waals surface area contributed by atoms with Gasteiger partial charge in [-0.25, -0.2) is 9.98 Å². The predicted octanol–water partition coefficient (Wildman–Crippen LogP) is 1.74. The van der Waals surface area contributed by atoms with Crippen molar-refractivity contribution in [2.45, 2.75) is 39.8 Å². The SMILES string of the molecule is CCNC(=NCc1cccnc1N(C)C)NCC(=O)NC(C)(C)C.I. The molecule has 0 fully saturated rings. The van der Waals surface area contributed by atoms with Gasteiger partial charge in [-0.2, -0.15) is 0 Å². The number of hydrogen-bond acceptors (Lipinski definition) is 4. The Morgan fingerprint density at radius 3 is 2.52 bits per heavy atom. The largest absolute Gasteiger partial charge is 0.362 e. The summed E-state index contributed by atoms with van der Waals surface area (Å²) in [4.78, 5) is 22.8. The van der Waals surface area contributed by atoms with Crippen molar-refractivity contribution in [1.29, 1.82) is 0 Å². The van der Waals surface area contributed by atoms with Crippen molar-refractivity contribution in [3.05, 3.63) is 23.9 Å². The van der Waals surface area contributed by atoms with Crippen molar-refractivity contribution >= 4 is 41.7 Å². The molecular formula is C17H31IN6O. The van der Waals surface area contributed by atoms with E-state index in [0.717, 1.165) is 17.9 Å². The molecule has 0 unspecified atom stereocenters.